The molecule has 1 aliphatic rings. The molecule has 0 radical (unpaired) electrons. The largest absolute Gasteiger partial charge is 0.352 e. The maximum atomic E-state index is 12.8. The van der Waals surface area contributed by atoms with Gasteiger partial charge in [-0.1, -0.05) is 25.4 Å². The lowest BCUT2D eigenvalue weighted by molar-refractivity contribution is -0.124. The molecule has 24 heavy (non-hydrogen) atoms. The number of amides is 1. The van der Waals surface area contributed by atoms with Crippen molar-refractivity contribution >= 4 is 38.9 Å². The molecule has 2 atom stereocenters. The van der Waals surface area contributed by atoms with Crippen LogP contribution in [0.15, 0.2) is 16.3 Å². The minimum atomic E-state index is -3.67. The third-order valence-corrected chi connectivity index (χ3v) is 7.79. The lowest BCUT2D eigenvalue weighted by Crippen LogP contribution is -2.48. The maximum absolute atomic E-state index is 12.8. The molecule has 1 amide bonds. The highest BCUT2D eigenvalue weighted by atomic mass is 35.5. The van der Waals surface area contributed by atoms with Crippen molar-refractivity contribution < 1.29 is 13.2 Å². The standard InChI is InChI=1S/C16H25ClN2O3S2/c1-11(2)6-7-12(3)18-16(20)13-5-4-10-19(13)24(21,22)15-9-8-14(17)23-15/h8-9,11-13H,4-7,10H2,1-3H3,(H,18,20)/t12-,13+/m1/s1. The first-order chi connectivity index (χ1) is 11.2. The summed E-state index contributed by atoms with van der Waals surface area (Å²) in [5.74, 6) is 0.381. The van der Waals surface area contributed by atoms with Crippen LogP contribution in [0.5, 0.6) is 0 Å². The second-order valence-electron chi connectivity index (χ2n) is 6.71. The molecule has 136 valence electrons. The van der Waals surface area contributed by atoms with E-state index in [1.54, 1.807) is 6.07 Å². The Bertz CT molecular complexity index is 673. The zero-order valence-electron chi connectivity index (χ0n) is 14.3. The molecule has 0 saturated carbocycles. The Hall–Kier alpha value is -0.630. The van der Waals surface area contributed by atoms with Crippen LogP contribution in [0.3, 0.4) is 0 Å². The molecule has 1 aromatic heterocycles. The Kier molecular flexibility index (Phi) is 6.70. The van der Waals surface area contributed by atoms with Gasteiger partial charge in [0.25, 0.3) is 10.0 Å². The van der Waals surface area contributed by atoms with E-state index in [4.69, 9.17) is 11.6 Å². The molecular formula is C16H25ClN2O3S2. The number of hydrogen-bond acceptors (Lipinski definition) is 4. The average molecular weight is 393 g/mol. The van der Waals surface area contributed by atoms with Crippen LogP contribution >= 0.6 is 22.9 Å². The van der Waals surface area contributed by atoms with E-state index in [0.29, 0.717) is 29.6 Å². The predicted octanol–water partition coefficient (Wildman–Crippen LogP) is 3.50. The summed E-state index contributed by atoms with van der Waals surface area (Å²) in [5.41, 5.74) is 0. The van der Waals surface area contributed by atoms with E-state index < -0.39 is 16.1 Å². The smallest absolute Gasteiger partial charge is 0.253 e. The van der Waals surface area contributed by atoms with Crippen molar-refractivity contribution in [2.75, 3.05) is 6.54 Å². The zero-order chi connectivity index (χ0) is 17.9. The summed E-state index contributed by atoms with van der Waals surface area (Å²) >= 11 is 6.88. The van der Waals surface area contributed by atoms with E-state index in [1.807, 2.05) is 6.92 Å². The Morgan fingerprint density at radius 1 is 1.38 bits per heavy atom. The first kappa shape index (κ1) is 19.7. The van der Waals surface area contributed by atoms with E-state index in [-0.39, 0.29) is 16.2 Å². The van der Waals surface area contributed by atoms with Gasteiger partial charge in [-0.05, 0) is 50.7 Å². The summed E-state index contributed by atoms with van der Waals surface area (Å²) in [5, 5.41) is 2.97. The quantitative estimate of drug-likeness (QED) is 0.772. The molecule has 8 heteroatoms. The Balaban J connectivity index is 2.05. The lowest BCUT2D eigenvalue weighted by Gasteiger charge is -2.24. The van der Waals surface area contributed by atoms with Gasteiger partial charge in [-0.3, -0.25) is 4.79 Å². The number of sulfonamides is 1. The van der Waals surface area contributed by atoms with Gasteiger partial charge in [-0.15, -0.1) is 11.3 Å². The van der Waals surface area contributed by atoms with Crippen LogP contribution in [-0.2, 0) is 14.8 Å². The molecule has 1 N–H and O–H groups in total. The molecule has 2 heterocycles. The lowest BCUT2D eigenvalue weighted by atomic mass is 10.0. The summed E-state index contributed by atoms with van der Waals surface area (Å²) in [7, 11) is -3.67. The summed E-state index contributed by atoms with van der Waals surface area (Å²) in [6.45, 7) is 6.63. The Morgan fingerprint density at radius 3 is 2.67 bits per heavy atom. The van der Waals surface area contributed by atoms with Gasteiger partial charge in [0.05, 0.1) is 4.34 Å². The van der Waals surface area contributed by atoms with Crippen LogP contribution in [0.25, 0.3) is 0 Å². The fourth-order valence-corrected chi connectivity index (χ4v) is 6.10. The zero-order valence-corrected chi connectivity index (χ0v) is 16.7. The molecule has 2 rings (SSSR count). The van der Waals surface area contributed by atoms with Crippen molar-refractivity contribution in [3.8, 4) is 0 Å². The van der Waals surface area contributed by atoms with Gasteiger partial charge in [0.15, 0.2) is 0 Å². The van der Waals surface area contributed by atoms with Crippen LogP contribution in [0, 0.1) is 5.92 Å². The van der Waals surface area contributed by atoms with E-state index in [9.17, 15) is 13.2 Å². The van der Waals surface area contributed by atoms with E-state index >= 15 is 0 Å². The third-order valence-electron chi connectivity index (χ3n) is 4.18. The summed E-state index contributed by atoms with van der Waals surface area (Å²) < 4.78 is 27.5. The van der Waals surface area contributed by atoms with E-state index in [2.05, 4.69) is 19.2 Å². The van der Waals surface area contributed by atoms with Crippen molar-refractivity contribution in [2.45, 2.75) is 62.7 Å². The molecule has 0 spiro atoms. The highest BCUT2D eigenvalue weighted by molar-refractivity contribution is 7.91. The minimum absolute atomic E-state index is 0.0428. The molecular weight excluding hydrogens is 368 g/mol. The van der Waals surface area contributed by atoms with E-state index in [0.717, 1.165) is 24.2 Å². The highest BCUT2D eigenvalue weighted by Crippen LogP contribution is 2.32. The fourth-order valence-electron chi connectivity index (χ4n) is 2.84. The number of hydrogen-bond donors (Lipinski definition) is 1. The monoisotopic (exact) mass is 392 g/mol. The van der Waals surface area contributed by atoms with E-state index in [1.165, 1.54) is 10.4 Å². The molecule has 0 aliphatic carbocycles. The highest BCUT2D eigenvalue weighted by Gasteiger charge is 2.40. The number of rotatable bonds is 7. The van der Waals surface area contributed by atoms with Gasteiger partial charge in [0, 0.05) is 12.6 Å². The second-order valence-corrected chi connectivity index (χ2v) is 10.5. The second kappa shape index (κ2) is 8.17. The average Bonchev–Trinajstić information content (AvgIpc) is 3.14. The van der Waals surface area contributed by atoms with Crippen LogP contribution < -0.4 is 5.32 Å². The van der Waals surface area contributed by atoms with Crippen LogP contribution in [0.2, 0.25) is 4.34 Å². The first-order valence-corrected chi connectivity index (χ1v) is 10.9. The van der Waals surface area contributed by atoms with Crippen LogP contribution in [0.4, 0.5) is 0 Å². The Labute approximate surface area is 153 Å². The van der Waals surface area contributed by atoms with Crippen LogP contribution in [0.1, 0.15) is 46.5 Å². The van der Waals surface area contributed by atoms with Gasteiger partial charge in [-0.25, -0.2) is 8.42 Å². The molecule has 1 aliphatic heterocycles. The summed E-state index contributed by atoms with van der Waals surface area (Å²) in [4.78, 5) is 12.6. The molecule has 5 nitrogen and oxygen atoms in total. The maximum Gasteiger partial charge on any atom is 0.253 e. The molecule has 0 unspecified atom stereocenters. The van der Waals surface area contributed by atoms with Gasteiger partial charge >= 0.3 is 0 Å². The minimum Gasteiger partial charge on any atom is -0.352 e. The number of carbonyl (C=O) groups excluding carboxylic acids is 1. The number of nitrogens with one attached hydrogen (secondary N) is 1. The van der Waals surface area contributed by atoms with Gasteiger partial charge in [0.2, 0.25) is 5.91 Å². The summed E-state index contributed by atoms with van der Waals surface area (Å²) in [6.07, 6.45) is 3.17. The fraction of sp³-hybridized carbons (Fsp3) is 0.688. The number of nitrogens with zero attached hydrogens (tertiary/aromatic N) is 1. The molecule has 1 fully saturated rings. The third kappa shape index (κ3) is 4.71. The van der Waals surface area contributed by atoms with Crippen molar-refractivity contribution in [3.05, 3.63) is 16.5 Å². The van der Waals surface area contributed by atoms with Crippen LogP contribution in [-0.4, -0.2) is 37.3 Å². The van der Waals surface area contributed by atoms with Gasteiger partial charge < -0.3 is 5.32 Å². The number of halogens is 1. The molecule has 0 bridgehead atoms. The number of thiophene rings is 1. The molecule has 0 aromatic carbocycles. The number of carbonyl (C=O) groups is 1. The molecule has 1 aromatic rings. The SMILES string of the molecule is CC(C)CC[C@@H](C)NC(=O)[C@@H]1CCCN1S(=O)(=O)c1ccc(Cl)s1. The van der Waals surface area contributed by atoms with Crippen molar-refractivity contribution in [3.63, 3.8) is 0 Å². The van der Waals surface area contributed by atoms with Crippen molar-refractivity contribution in [1.82, 2.24) is 9.62 Å². The summed E-state index contributed by atoms with van der Waals surface area (Å²) in [6, 6.07) is 2.48. The normalized spacial score (nSPS) is 20.5. The van der Waals surface area contributed by atoms with Crippen molar-refractivity contribution in [1.29, 1.82) is 0 Å². The Morgan fingerprint density at radius 2 is 2.08 bits per heavy atom. The topological polar surface area (TPSA) is 66.5 Å². The van der Waals surface area contributed by atoms with Crippen molar-refractivity contribution in [2.24, 2.45) is 5.92 Å². The van der Waals surface area contributed by atoms with Gasteiger partial charge in [-0.2, -0.15) is 4.31 Å². The first-order valence-electron chi connectivity index (χ1n) is 8.29. The van der Waals surface area contributed by atoms with Gasteiger partial charge in [0.1, 0.15) is 10.3 Å². The predicted molar refractivity (Wildman–Crippen MR) is 97.9 cm³/mol. The molecule has 1 saturated heterocycles.